The molecule has 0 aliphatic carbocycles. The predicted octanol–water partition coefficient (Wildman–Crippen LogP) is -1.15. The Labute approximate surface area is 135 Å². The highest BCUT2D eigenvalue weighted by Gasteiger charge is 1.94. The van der Waals surface area contributed by atoms with Crippen LogP contribution in [0, 0.1) is 0 Å². The van der Waals surface area contributed by atoms with Crippen LogP contribution in [-0.2, 0) is 31.2 Å². The van der Waals surface area contributed by atoms with Crippen LogP contribution in [0.3, 0.4) is 0 Å². The summed E-state index contributed by atoms with van der Waals surface area (Å²) in [6.45, 7) is 0. The van der Waals surface area contributed by atoms with Crippen LogP contribution in [0.4, 0.5) is 0 Å². The molecule has 0 fully saturated rings. The molecular formula is C6H12O15S3. The largest absolute Gasteiger partial charge is 0.508 e. The second-order valence-electron chi connectivity index (χ2n) is 3.05. The van der Waals surface area contributed by atoms with Crippen molar-refractivity contribution >= 4 is 31.2 Å². The lowest BCUT2D eigenvalue weighted by Gasteiger charge is -1.94. The molecule has 9 N–H and O–H groups in total. The number of benzene rings is 1. The number of rotatable bonds is 0. The van der Waals surface area contributed by atoms with E-state index in [1.165, 1.54) is 0 Å². The van der Waals surface area contributed by atoms with Crippen molar-refractivity contribution in [3.05, 3.63) is 18.2 Å². The Morgan fingerprint density at radius 1 is 0.458 bits per heavy atom. The first-order valence-electron chi connectivity index (χ1n) is 4.50. The van der Waals surface area contributed by atoms with Gasteiger partial charge in [0.25, 0.3) is 0 Å². The molecule has 24 heavy (non-hydrogen) atoms. The smallest absolute Gasteiger partial charge is 0.394 e. The van der Waals surface area contributed by atoms with Crippen molar-refractivity contribution in [3.63, 3.8) is 0 Å². The highest BCUT2D eigenvalue weighted by atomic mass is 32.3. The standard InChI is InChI=1S/C6H6O3.3H2O4S/c7-4-1-5(8)3-6(9)2-4;3*1-5(2,3)4/h1-3,7-9H;3*(H2,1,2,3,4). The fourth-order valence-corrected chi connectivity index (χ4v) is 0.580. The van der Waals surface area contributed by atoms with Crippen molar-refractivity contribution in [2.45, 2.75) is 0 Å². The van der Waals surface area contributed by atoms with Crippen LogP contribution in [0.25, 0.3) is 0 Å². The first kappa shape index (κ1) is 27.1. The van der Waals surface area contributed by atoms with Crippen LogP contribution >= 0.6 is 0 Å². The second-order valence-corrected chi connectivity index (χ2v) is 5.74. The summed E-state index contributed by atoms with van der Waals surface area (Å²) in [5.41, 5.74) is 0. The van der Waals surface area contributed by atoms with Gasteiger partial charge in [0.2, 0.25) is 0 Å². The van der Waals surface area contributed by atoms with Crippen molar-refractivity contribution in [2.24, 2.45) is 0 Å². The molecule has 0 aliphatic heterocycles. The van der Waals surface area contributed by atoms with Gasteiger partial charge in [0.1, 0.15) is 17.2 Å². The Morgan fingerprint density at radius 2 is 0.542 bits per heavy atom. The zero-order valence-electron chi connectivity index (χ0n) is 10.9. The Morgan fingerprint density at radius 3 is 0.625 bits per heavy atom. The summed E-state index contributed by atoms with van der Waals surface area (Å²) in [6.07, 6.45) is 0. The molecule has 15 nitrogen and oxygen atoms in total. The molecule has 0 aromatic heterocycles. The van der Waals surface area contributed by atoms with Crippen LogP contribution in [-0.4, -0.2) is 67.9 Å². The van der Waals surface area contributed by atoms with E-state index < -0.39 is 31.2 Å². The van der Waals surface area contributed by atoms with Crippen molar-refractivity contribution in [2.75, 3.05) is 0 Å². The summed E-state index contributed by atoms with van der Waals surface area (Å²) in [5.74, 6) is -0.437. The maximum atomic E-state index is 8.74. The third-order valence-corrected chi connectivity index (χ3v) is 0.887. The summed E-state index contributed by atoms with van der Waals surface area (Å²) in [4.78, 5) is 0. The van der Waals surface area contributed by atoms with Gasteiger partial charge in [-0.05, 0) is 0 Å². The van der Waals surface area contributed by atoms with Crippen LogP contribution in [0.15, 0.2) is 18.2 Å². The number of phenols is 3. The van der Waals surface area contributed by atoms with Crippen molar-refractivity contribution < 1.29 is 67.9 Å². The van der Waals surface area contributed by atoms with E-state index in [4.69, 9.17) is 67.9 Å². The van der Waals surface area contributed by atoms with Gasteiger partial charge in [-0.15, -0.1) is 0 Å². The van der Waals surface area contributed by atoms with E-state index in [1.54, 1.807) is 0 Å². The molecule has 18 heteroatoms. The quantitative estimate of drug-likeness (QED) is 0.224. The fraction of sp³-hybridized carbons (Fsp3) is 0. The van der Waals surface area contributed by atoms with Crippen LogP contribution in [0.2, 0.25) is 0 Å². The van der Waals surface area contributed by atoms with Crippen molar-refractivity contribution in [1.29, 1.82) is 0 Å². The molecule has 1 aromatic carbocycles. The molecule has 0 radical (unpaired) electrons. The fourth-order valence-electron chi connectivity index (χ4n) is 0.580. The third kappa shape index (κ3) is 71.5. The highest BCUT2D eigenvalue weighted by molar-refractivity contribution is 7.80. The average Bonchev–Trinajstić information content (AvgIpc) is 2.04. The monoisotopic (exact) mass is 420 g/mol. The summed E-state index contributed by atoms with van der Waals surface area (Å²) >= 11 is 0. The lowest BCUT2D eigenvalue weighted by Crippen LogP contribution is -1.89. The molecule has 0 amide bonds. The molecule has 1 aromatic rings. The SMILES string of the molecule is O=S(=O)(O)O.O=S(=O)(O)O.O=S(=O)(O)O.Oc1cc(O)cc(O)c1. The molecule has 144 valence electrons. The van der Waals surface area contributed by atoms with Gasteiger partial charge in [-0.1, -0.05) is 0 Å². The van der Waals surface area contributed by atoms with E-state index in [-0.39, 0.29) is 17.2 Å². The molecule has 0 aliphatic rings. The molecular weight excluding hydrogens is 408 g/mol. The van der Waals surface area contributed by atoms with Gasteiger partial charge in [0, 0.05) is 18.2 Å². The Hall–Kier alpha value is -1.77. The normalized spacial score (nSPS) is 10.8. The van der Waals surface area contributed by atoms with Gasteiger partial charge in [-0.2, -0.15) is 25.3 Å². The topological polar surface area (TPSA) is 284 Å². The van der Waals surface area contributed by atoms with Crippen LogP contribution in [0.1, 0.15) is 0 Å². The van der Waals surface area contributed by atoms with Gasteiger partial charge in [-0.3, -0.25) is 27.3 Å². The van der Waals surface area contributed by atoms with Gasteiger partial charge in [-0.25, -0.2) is 0 Å². The van der Waals surface area contributed by atoms with E-state index in [9.17, 15) is 0 Å². The van der Waals surface area contributed by atoms with Crippen molar-refractivity contribution in [3.8, 4) is 17.2 Å². The summed E-state index contributed by atoms with van der Waals surface area (Å²) in [5, 5.41) is 26.0. The summed E-state index contributed by atoms with van der Waals surface area (Å²) < 4.78 is 94.8. The molecule has 0 spiro atoms. The first-order valence-corrected chi connectivity index (χ1v) is 8.69. The van der Waals surface area contributed by atoms with Gasteiger partial charge >= 0.3 is 31.2 Å². The number of aromatic hydroxyl groups is 3. The molecule has 0 saturated heterocycles. The average molecular weight is 420 g/mol. The first-order chi connectivity index (χ1) is 10.2. The number of hydrogen-bond acceptors (Lipinski definition) is 9. The van der Waals surface area contributed by atoms with E-state index in [2.05, 4.69) is 0 Å². The van der Waals surface area contributed by atoms with E-state index >= 15 is 0 Å². The maximum Gasteiger partial charge on any atom is 0.394 e. The molecule has 0 bridgehead atoms. The lowest BCUT2D eigenvalue weighted by atomic mass is 10.3. The lowest BCUT2D eigenvalue weighted by molar-refractivity contribution is 0.378. The zero-order valence-corrected chi connectivity index (χ0v) is 13.4. The van der Waals surface area contributed by atoms with Gasteiger partial charge in [0.15, 0.2) is 0 Å². The zero-order chi connectivity index (χ0) is 20.4. The Bertz CT molecular complexity index is 644. The Kier molecular flexibility index (Phi) is 12.3. The maximum absolute atomic E-state index is 8.74. The number of hydrogen-bond donors (Lipinski definition) is 9. The second kappa shape index (κ2) is 10.9. The number of phenolic OH excluding ortho intramolecular Hbond substituents is 3. The predicted molar refractivity (Wildman–Crippen MR) is 74.0 cm³/mol. The minimum Gasteiger partial charge on any atom is -0.508 e. The minimum atomic E-state index is -4.67. The van der Waals surface area contributed by atoms with E-state index in [0.29, 0.717) is 0 Å². The molecule has 0 heterocycles. The third-order valence-electron chi connectivity index (χ3n) is 0.887. The molecule has 0 unspecified atom stereocenters. The summed E-state index contributed by atoms with van der Waals surface area (Å²) in [7, 11) is -14.0. The van der Waals surface area contributed by atoms with Crippen LogP contribution < -0.4 is 0 Å². The van der Waals surface area contributed by atoms with Gasteiger partial charge < -0.3 is 15.3 Å². The van der Waals surface area contributed by atoms with Crippen molar-refractivity contribution in [1.82, 2.24) is 0 Å². The molecule has 1 rings (SSSR count). The minimum absolute atomic E-state index is 0.146. The molecule has 0 saturated carbocycles. The van der Waals surface area contributed by atoms with E-state index in [0.717, 1.165) is 18.2 Å². The Balaban J connectivity index is -0.000000259. The molecule has 0 atom stereocenters. The summed E-state index contributed by atoms with van der Waals surface area (Å²) in [6, 6.07) is 3.42. The highest BCUT2D eigenvalue weighted by Crippen LogP contribution is 2.23. The van der Waals surface area contributed by atoms with E-state index in [1.807, 2.05) is 0 Å². The van der Waals surface area contributed by atoms with Crippen LogP contribution in [0.5, 0.6) is 17.2 Å². The van der Waals surface area contributed by atoms with Gasteiger partial charge in [0.05, 0.1) is 0 Å².